The van der Waals surface area contributed by atoms with Crippen molar-refractivity contribution >= 4 is 0 Å². The summed E-state index contributed by atoms with van der Waals surface area (Å²) in [6.07, 6.45) is 5.99. The Balaban J connectivity index is 1.89. The zero-order valence-corrected chi connectivity index (χ0v) is 9.08. The molecule has 0 N–H and O–H groups in total. The monoisotopic (exact) mass is 199 g/mol. The van der Waals surface area contributed by atoms with Gasteiger partial charge in [0.1, 0.15) is 0 Å². The molecule has 14 heavy (non-hydrogen) atoms. The third-order valence-corrected chi connectivity index (χ3v) is 2.27. The molecule has 1 saturated heterocycles. The predicted molar refractivity (Wildman–Crippen MR) is 57.3 cm³/mol. The first kappa shape index (κ1) is 11.5. The average molecular weight is 199 g/mol. The van der Waals surface area contributed by atoms with Gasteiger partial charge in [-0.3, -0.25) is 4.90 Å². The lowest BCUT2D eigenvalue weighted by molar-refractivity contribution is 0.0349. The maximum absolute atomic E-state index is 5.33. The molecule has 1 aliphatic heterocycles. The Morgan fingerprint density at radius 2 is 2.14 bits per heavy atom. The molecule has 0 aromatic heterocycles. The second kappa shape index (κ2) is 7.83. The van der Waals surface area contributed by atoms with Crippen molar-refractivity contribution < 1.29 is 9.47 Å². The summed E-state index contributed by atoms with van der Waals surface area (Å²) >= 11 is 0. The van der Waals surface area contributed by atoms with E-state index in [9.17, 15) is 0 Å². The van der Waals surface area contributed by atoms with E-state index < -0.39 is 0 Å². The summed E-state index contributed by atoms with van der Waals surface area (Å²) in [5.41, 5.74) is 0. The van der Waals surface area contributed by atoms with Gasteiger partial charge in [-0.1, -0.05) is 13.0 Å². The first-order valence-corrected chi connectivity index (χ1v) is 5.50. The molecule has 0 aromatic carbocycles. The highest BCUT2D eigenvalue weighted by atomic mass is 16.5. The molecule has 0 amide bonds. The van der Waals surface area contributed by atoms with E-state index in [0.29, 0.717) is 0 Å². The minimum Gasteiger partial charge on any atom is -0.501 e. The van der Waals surface area contributed by atoms with Crippen molar-refractivity contribution in [2.75, 3.05) is 39.5 Å². The van der Waals surface area contributed by atoms with Crippen molar-refractivity contribution in [2.24, 2.45) is 0 Å². The molecule has 3 nitrogen and oxygen atoms in total. The second-order valence-electron chi connectivity index (χ2n) is 3.46. The zero-order valence-electron chi connectivity index (χ0n) is 9.08. The molecule has 1 rings (SSSR count). The molecule has 0 atom stereocenters. The Kier molecular flexibility index (Phi) is 6.45. The fourth-order valence-corrected chi connectivity index (χ4v) is 1.43. The normalized spacial score (nSPS) is 18.9. The highest BCUT2D eigenvalue weighted by molar-refractivity contribution is 4.70. The SMILES string of the molecule is CC/C=C/OCCCN1CCOCC1. The van der Waals surface area contributed by atoms with Crippen LogP contribution in [0.1, 0.15) is 19.8 Å². The number of hydrogen-bond acceptors (Lipinski definition) is 3. The lowest BCUT2D eigenvalue weighted by Gasteiger charge is -2.26. The number of hydrogen-bond donors (Lipinski definition) is 0. The van der Waals surface area contributed by atoms with Crippen LogP contribution >= 0.6 is 0 Å². The standard InChI is InChI=1S/C11H21NO2/c1-2-3-8-13-9-4-5-12-6-10-14-11-7-12/h3,8H,2,4-7,9-11H2,1H3/b8-3+. The van der Waals surface area contributed by atoms with Crippen LogP contribution in [0.15, 0.2) is 12.3 Å². The molecular weight excluding hydrogens is 178 g/mol. The van der Waals surface area contributed by atoms with Crippen LogP contribution in [0.5, 0.6) is 0 Å². The lowest BCUT2D eigenvalue weighted by Crippen LogP contribution is -2.37. The van der Waals surface area contributed by atoms with E-state index in [1.54, 1.807) is 6.26 Å². The molecule has 82 valence electrons. The van der Waals surface area contributed by atoms with Crippen LogP contribution in [0.25, 0.3) is 0 Å². The van der Waals surface area contributed by atoms with Crippen LogP contribution in [0.4, 0.5) is 0 Å². The Morgan fingerprint density at radius 1 is 1.36 bits per heavy atom. The average Bonchev–Trinajstić information content (AvgIpc) is 2.25. The van der Waals surface area contributed by atoms with Gasteiger partial charge in [-0.25, -0.2) is 0 Å². The van der Waals surface area contributed by atoms with Crippen LogP contribution in [0.2, 0.25) is 0 Å². The fraction of sp³-hybridized carbons (Fsp3) is 0.818. The van der Waals surface area contributed by atoms with E-state index in [-0.39, 0.29) is 0 Å². The van der Waals surface area contributed by atoms with Crippen molar-refractivity contribution in [1.82, 2.24) is 4.90 Å². The summed E-state index contributed by atoms with van der Waals surface area (Å²) in [5.74, 6) is 0. The van der Waals surface area contributed by atoms with Gasteiger partial charge in [-0.15, -0.1) is 0 Å². The summed E-state index contributed by atoms with van der Waals surface area (Å²) in [4.78, 5) is 2.43. The first-order chi connectivity index (χ1) is 6.93. The molecule has 0 unspecified atom stereocenters. The van der Waals surface area contributed by atoms with Gasteiger partial charge >= 0.3 is 0 Å². The van der Waals surface area contributed by atoms with Gasteiger partial charge in [0.15, 0.2) is 0 Å². The van der Waals surface area contributed by atoms with Gasteiger partial charge < -0.3 is 9.47 Å². The van der Waals surface area contributed by atoms with Gasteiger partial charge in [0.05, 0.1) is 26.1 Å². The Labute approximate surface area is 86.7 Å². The van der Waals surface area contributed by atoms with E-state index >= 15 is 0 Å². The minimum atomic E-state index is 0.827. The summed E-state index contributed by atoms with van der Waals surface area (Å²) < 4.78 is 10.6. The zero-order chi connectivity index (χ0) is 10.1. The Morgan fingerprint density at radius 3 is 2.86 bits per heavy atom. The highest BCUT2D eigenvalue weighted by Gasteiger charge is 2.08. The van der Waals surface area contributed by atoms with Crippen molar-refractivity contribution in [3.8, 4) is 0 Å². The number of ether oxygens (including phenoxy) is 2. The molecular formula is C11H21NO2. The topological polar surface area (TPSA) is 21.7 Å². The van der Waals surface area contributed by atoms with Gasteiger partial charge in [0.25, 0.3) is 0 Å². The van der Waals surface area contributed by atoms with Crippen molar-refractivity contribution in [2.45, 2.75) is 19.8 Å². The maximum atomic E-state index is 5.33. The van der Waals surface area contributed by atoms with E-state index in [4.69, 9.17) is 9.47 Å². The van der Waals surface area contributed by atoms with Crippen LogP contribution in [0.3, 0.4) is 0 Å². The smallest absolute Gasteiger partial charge is 0.0885 e. The summed E-state index contributed by atoms with van der Waals surface area (Å²) in [7, 11) is 0. The third kappa shape index (κ3) is 5.25. The second-order valence-corrected chi connectivity index (χ2v) is 3.46. The van der Waals surface area contributed by atoms with E-state index in [1.165, 1.54) is 0 Å². The third-order valence-electron chi connectivity index (χ3n) is 2.27. The van der Waals surface area contributed by atoms with Crippen LogP contribution in [-0.2, 0) is 9.47 Å². The molecule has 0 aromatic rings. The van der Waals surface area contributed by atoms with Gasteiger partial charge in [0, 0.05) is 19.6 Å². The van der Waals surface area contributed by atoms with Crippen LogP contribution < -0.4 is 0 Å². The van der Waals surface area contributed by atoms with Gasteiger partial charge in [0.2, 0.25) is 0 Å². The molecule has 0 saturated carbocycles. The first-order valence-electron chi connectivity index (χ1n) is 5.50. The summed E-state index contributed by atoms with van der Waals surface area (Å²) in [5, 5.41) is 0. The quantitative estimate of drug-likeness (QED) is 0.479. The summed E-state index contributed by atoms with van der Waals surface area (Å²) in [6.45, 7) is 7.98. The molecule has 0 spiro atoms. The maximum Gasteiger partial charge on any atom is 0.0885 e. The van der Waals surface area contributed by atoms with Crippen molar-refractivity contribution in [3.05, 3.63) is 12.3 Å². The highest BCUT2D eigenvalue weighted by Crippen LogP contribution is 1.98. The van der Waals surface area contributed by atoms with Gasteiger partial charge in [-0.2, -0.15) is 0 Å². The molecule has 1 aliphatic rings. The van der Waals surface area contributed by atoms with E-state index in [2.05, 4.69) is 11.8 Å². The van der Waals surface area contributed by atoms with Crippen LogP contribution in [0, 0.1) is 0 Å². The fourth-order valence-electron chi connectivity index (χ4n) is 1.43. The molecule has 1 heterocycles. The van der Waals surface area contributed by atoms with Crippen molar-refractivity contribution in [1.29, 1.82) is 0 Å². The summed E-state index contributed by atoms with van der Waals surface area (Å²) in [6, 6.07) is 0. The predicted octanol–water partition coefficient (Wildman–Crippen LogP) is 1.65. The number of nitrogens with zero attached hydrogens (tertiary/aromatic N) is 1. The molecule has 1 fully saturated rings. The Bertz CT molecular complexity index is 153. The minimum absolute atomic E-state index is 0.827. The largest absolute Gasteiger partial charge is 0.501 e. The van der Waals surface area contributed by atoms with Crippen LogP contribution in [-0.4, -0.2) is 44.4 Å². The van der Waals surface area contributed by atoms with E-state index in [0.717, 1.165) is 52.3 Å². The molecule has 0 radical (unpaired) electrons. The number of allylic oxidation sites excluding steroid dienone is 1. The van der Waals surface area contributed by atoms with Gasteiger partial charge in [-0.05, 0) is 12.8 Å². The molecule has 0 aliphatic carbocycles. The van der Waals surface area contributed by atoms with Crippen molar-refractivity contribution in [3.63, 3.8) is 0 Å². The molecule has 3 heteroatoms. The number of morpholine rings is 1. The van der Waals surface area contributed by atoms with E-state index in [1.807, 2.05) is 6.08 Å². The number of rotatable bonds is 6. The molecule has 0 bridgehead atoms. The Hall–Kier alpha value is -0.540. The lowest BCUT2D eigenvalue weighted by atomic mass is 10.3.